The van der Waals surface area contributed by atoms with Gasteiger partial charge in [-0.25, -0.2) is 0 Å². The van der Waals surface area contributed by atoms with Gasteiger partial charge in [-0.3, -0.25) is 4.68 Å². The SMILES string of the molecule is CC(C)NCC(Cc1cn(C)nn1)c1ccccc1Cl. The Morgan fingerprint density at radius 2 is 2.05 bits per heavy atom. The largest absolute Gasteiger partial charge is 0.314 e. The highest BCUT2D eigenvalue weighted by atomic mass is 35.5. The Labute approximate surface area is 125 Å². The fraction of sp³-hybridized carbons (Fsp3) is 0.467. The molecule has 0 spiro atoms. The number of hydrogen-bond acceptors (Lipinski definition) is 3. The second-order valence-electron chi connectivity index (χ2n) is 5.37. The van der Waals surface area contributed by atoms with Gasteiger partial charge in [0.05, 0.1) is 5.69 Å². The highest BCUT2D eigenvalue weighted by Crippen LogP contribution is 2.26. The molecule has 2 aromatic rings. The van der Waals surface area contributed by atoms with Crippen LogP contribution in [0.1, 0.15) is 31.0 Å². The van der Waals surface area contributed by atoms with E-state index in [-0.39, 0.29) is 0 Å². The van der Waals surface area contributed by atoms with Crippen molar-refractivity contribution in [1.82, 2.24) is 20.3 Å². The van der Waals surface area contributed by atoms with Crippen LogP contribution in [0.3, 0.4) is 0 Å². The number of benzene rings is 1. The van der Waals surface area contributed by atoms with Crippen LogP contribution in [0.15, 0.2) is 30.5 Å². The second-order valence-corrected chi connectivity index (χ2v) is 5.78. The summed E-state index contributed by atoms with van der Waals surface area (Å²) in [7, 11) is 1.88. The number of aromatic nitrogens is 3. The molecule has 1 N–H and O–H groups in total. The zero-order chi connectivity index (χ0) is 14.5. The van der Waals surface area contributed by atoms with E-state index in [0.717, 1.165) is 29.2 Å². The van der Waals surface area contributed by atoms with Gasteiger partial charge in [-0.1, -0.05) is 48.9 Å². The minimum absolute atomic E-state index is 0.294. The third-order valence-corrected chi connectivity index (χ3v) is 3.57. The lowest BCUT2D eigenvalue weighted by Crippen LogP contribution is -2.29. The third-order valence-electron chi connectivity index (χ3n) is 3.22. The topological polar surface area (TPSA) is 42.7 Å². The monoisotopic (exact) mass is 292 g/mol. The Kier molecular flexibility index (Phi) is 5.15. The van der Waals surface area contributed by atoms with Crippen molar-refractivity contribution in [3.63, 3.8) is 0 Å². The van der Waals surface area contributed by atoms with Crippen LogP contribution in [0.4, 0.5) is 0 Å². The summed E-state index contributed by atoms with van der Waals surface area (Å²) in [5.74, 6) is 0.294. The van der Waals surface area contributed by atoms with Crippen LogP contribution in [0.2, 0.25) is 5.02 Å². The van der Waals surface area contributed by atoms with E-state index in [2.05, 4.69) is 35.5 Å². The molecule has 1 atom stereocenters. The molecule has 0 saturated heterocycles. The number of nitrogens with zero attached hydrogens (tertiary/aromatic N) is 3. The highest BCUT2D eigenvalue weighted by molar-refractivity contribution is 6.31. The van der Waals surface area contributed by atoms with Gasteiger partial charge in [-0.2, -0.15) is 0 Å². The van der Waals surface area contributed by atoms with Gasteiger partial charge in [-0.15, -0.1) is 5.10 Å². The van der Waals surface area contributed by atoms with Crippen molar-refractivity contribution in [3.8, 4) is 0 Å². The average Bonchev–Trinajstić information content (AvgIpc) is 2.81. The first-order valence-corrected chi connectivity index (χ1v) is 7.27. The first-order valence-electron chi connectivity index (χ1n) is 6.89. The minimum Gasteiger partial charge on any atom is -0.314 e. The lowest BCUT2D eigenvalue weighted by atomic mass is 9.94. The van der Waals surface area contributed by atoms with Crippen molar-refractivity contribution >= 4 is 11.6 Å². The predicted octanol–water partition coefficient (Wildman–Crippen LogP) is 2.79. The molecule has 4 nitrogen and oxygen atoms in total. The van der Waals surface area contributed by atoms with Crippen LogP contribution >= 0.6 is 11.6 Å². The predicted molar refractivity (Wildman–Crippen MR) is 82.0 cm³/mol. The van der Waals surface area contributed by atoms with E-state index >= 15 is 0 Å². The summed E-state index contributed by atoms with van der Waals surface area (Å²) in [6, 6.07) is 8.46. The molecule has 5 heteroatoms. The molecule has 108 valence electrons. The summed E-state index contributed by atoms with van der Waals surface area (Å²) in [6.45, 7) is 5.16. The molecule has 2 rings (SSSR count). The zero-order valence-electron chi connectivity index (χ0n) is 12.2. The lowest BCUT2D eigenvalue weighted by Gasteiger charge is -2.20. The third kappa shape index (κ3) is 4.05. The fourth-order valence-corrected chi connectivity index (χ4v) is 2.51. The van der Waals surface area contributed by atoms with Crippen molar-refractivity contribution in [2.45, 2.75) is 32.2 Å². The van der Waals surface area contributed by atoms with Crippen molar-refractivity contribution in [3.05, 3.63) is 46.7 Å². The van der Waals surface area contributed by atoms with Gasteiger partial charge >= 0.3 is 0 Å². The number of halogens is 1. The molecular weight excluding hydrogens is 272 g/mol. The molecule has 0 fully saturated rings. The lowest BCUT2D eigenvalue weighted by molar-refractivity contribution is 0.524. The van der Waals surface area contributed by atoms with E-state index in [4.69, 9.17) is 11.6 Å². The molecule has 0 aliphatic heterocycles. The standard InChI is InChI=1S/C15H21ClN4/c1-11(2)17-9-12(8-13-10-20(3)19-18-13)14-6-4-5-7-15(14)16/h4-7,10-12,17H,8-9H2,1-3H3. The molecule has 0 aliphatic carbocycles. The van der Waals surface area contributed by atoms with E-state index in [1.165, 1.54) is 0 Å². The van der Waals surface area contributed by atoms with Crippen LogP contribution < -0.4 is 5.32 Å². The maximum Gasteiger partial charge on any atom is 0.0833 e. The Bertz CT molecular complexity index is 550. The summed E-state index contributed by atoms with van der Waals surface area (Å²) >= 11 is 6.34. The van der Waals surface area contributed by atoms with Crippen LogP contribution in [-0.4, -0.2) is 27.6 Å². The number of hydrogen-bond donors (Lipinski definition) is 1. The minimum atomic E-state index is 0.294. The maximum absolute atomic E-state index is 6.34. The second kappa shape index (κ2) is 6.86. The summed E-state index contributed by atoms with van der Waals surface area (Å²) in [4.78, 5) is 0. The van der Waals surface area contributed by atoms with Gasteiger partial charge in [0, 0.05) is 43.2 Å². The van der Waals surface area contributed by atoms with Crippen LogP contribution in [0.25, 0.3) is 0 Å². The fourth-order valence-electron chi connectivity index (χ4n) is 2.22. The molecule has 1 heterocycles. The van der Waals surface area contributed by atoms with E-state index in [9.17, 15) is 0 Å². The smallest absolute Gasteiger partial charge is 0.0833 e. The van der Waals surface area contributed by atoms with Crippen LogP contribution in [0, 0.1) is 0 Å². The summed E-state index contributed by atoms with van der Waals surface area (Å²) in [6.07, 6.45) is 2.79. The first kappa shape index (κ1) is 15.0. The molecular formula is C15H21ClN4. The van der Waals surface area contributed by atoms with Crippen molar-refractivity contribution in [2.24, 2.45) is 7.05 Å². The van der Waals surface area contributed by atoms with Gasteiger partial charge in [0.15, 0.2) is 0 Å². The normalized spacial score (nSPS) is 12.8. The van der Waals surface area contributed by atoms with Crippen molar-refractivity contribution < 1.29 is 0 Å². The van der Waals surface area contributed by atoms with Crippen LogP contribution in [-0.2, 0) is 13.5 Å². The Morgan fingerprint density at radius 3 is 2.65 bits per heavy atom. The number of rotatable bonds is 6. The molecule has 0 aliphatic rings. The molecule has 0 radical (unpaired) electrons. The van der Waals surface area contributed by atoms with E-state index < -0.39 is 0 Å². The molecule has 0 bridgehead atoms. The highest BCUT2D eigenvalue weighted by Gasteiger charge is 2.17. The van der Waals surface area contributed by atoms with Gasteiger partial charge in [0.1, 0.15) is 0 Å². The molecule has 1 aromatic heterocycles. The summed E-state index contributed by atoms with van der Waals surface area (Å²) in [5.41, 5.74) is 2.15. The van der Waals surface area contributed by atoms with E-state index in [1.54, 1.807) is 4.68 Å². The van der Waals surface area contributed by atoms with Crippen molar-refractivity contribution in [2.75, 3.05) is 6.54 Å². The van der Waals surface area contributed by atoms with E-state index in [0.29, 0.717) is 12.0 Å². The molecule has 0 amide bonds. The zero-order valence-corrected chi connectivity index (χ0v) is 12.9. The van der Waals surface area contributed by atoms with Gasteiger partial charge < -0.3 is 5.32 Å². The van der Waals surface area contributed by atoms with E-state index in [1.807, 2.05) is 31.4 Å². The Balaban J connectivity index is 2.18. The summed E-state index contributed by atoms with van der Waals surface area (Å²) in [5, 5.41) is 12.5. The quantitative estimate of drug-likeness (QED) is 0.890. The molecule has 0 saturated carbocycles. The average molecular weight is 293 g/mol. The molecule has 1 unspecified atom stereocenters. The Morgan fingerprint density at radius 1 is 1.30 bits per heavy atom. The molecule has 1 aromatic carbocycles. The van der Waals surface area contributed by atoms with Crippen molar-refractivity contribution in [1.29, 1.82) is 0 Å². The number of nitrogens with one attached hydrogen (secondary N) is 1. The Hall–Kier alpha value is -1.39. The number of aryl methyl sites for hydroxylation is 1. The maximum atomic E-state index is 6.34. The summed E-state index contributed by atoms with van der Waals surface area (Å²) < 4.78 is 1.73. The van der Waals surface area contributed by atoms with Crippen LogP contribution in [0.5, 0.6) is 0 Å². The van der Waals surface area contributed by atoms with Gasteiger partial charge in [0.2, 0.25) is 0 Å². The van der Waals surface area contributed by atoms with Gasteiger partial charge in [0.25, 0.3) is 0 Å². The molecule has 20 heavy (non-hydrogen) atoms. The van der Waals surface area contributed by atoms with Gasteiger partial charge in [-0.05, 0) is 11.6 Å². The first-order chi connectivity index (χ1) is 9.56.